The van der Waals surface area contributed by atoms with Gasteiger partial charge in [0.2, 0.25) is 0 Å². The first-order chi connectivity index (χ1) is 13.8. The van der Waals surface area contributed by atoms with Gasteiger partial charge < -0.3 is 5.32 Å². The quantitative estimate of drug-likeness (QED) is 0.445. The molecule has 1 heterocycles. The molecule has 0 aliphatic rings. The highest BCUT2D eigenvalue weighted by molar-refractivity contribution is 7.14. The van der Waals surface area contributed by atoms with Crippen LogP contribution in [0.15, 0.2) is 96.4 Å². The number of amides is 2. The van der Waals surface area contributed by atoms with Gasteiger partial charge in [0.25, 0.3) is 0 Å². The topological polar surface area (TPSA) is 54.0 Å². The first-order valence-electron chi connectivity index (χ1n) is 8.98. The van der Waals surface area contributed by atoms with Crippen LogP contribution < -0.4 is 10.6 Å². The monoisotopic (exact) mass is 385 g/mol. The van der Waals surface area contributed by atoms with E-state index in [2.05, 4.69) is 34.9 Å². The highest BCUT2D eigenvalue weighted by atomic mass is 32.1. The van der Waals surface area contributed by atoms with E-state index < -0.39 is 0 Å². The summed E-state index contributed by atoms with van der Waals surface area (Å²) in [6, 6.07) is 29.6. The zero-order valence-electron chi connectivity index (χ0n) is 15.1. The van der Waals surface area contributed by atoms with Gasteiger partial charge in [0.1, 0.15) is 0 Å². The van der Waals surface area contributed by atoms with E-state index in [9.17, 15) is 4.79 Å². The lowest BCUT2D eigenvalue weighted by atomic mass is 9.89. The normalized spacial score (nSPS) is 10.6. The lowest BCUT2D eigenvalue weighted by molar-refractivity contribution is 0.262. The number of aromatic nitrogens is 1. The van der Waals surface area contributed by atoms with Crippen LogP contribution >= 0.6 is 11.3 Å². The Kier molecular flexibility index (Phi) is 5.45. The second kappa shape index (κ2) is 8.50. The fraction of sp³-hybridized carbons (Fsp3) is 0.0435. The Bertz CT molecular complexity index is 994. The van der Waals surface area contributed by atoms with E-state index in [4.69, 9.17) is 4.98 Å². The standard InChI is InChI=1S/C23H19N3OS/c27-22(24-19-14-8-3-9-15-19)26-23-25-20(16-28-23)21(17-10-4-1-5-11-17)18-12-6-2-7-13-18/h1-16,21H,(H2,24,25,26,27). The highest BCUT2D eigenvalue weighted by Crippen LogP contribution is 2.33. The fourth-order valence-corrected chi connectivity index (χ4v) is 3.81. The van der Waals surface area contributed by atoms with Gasteiger partial charge in [0.05, 0.1) is 11.6 Å². The van der Waals surface area contributed by atoms with Crippen molar-refractivity contribution in [2.75, 3.05) is 10.6 Å². The average Bonchev–Trinajstić information content (AvgIpc) is 3.18. The van der Waals surface area contributed by atoms with Gasteiger partial charge in [0.15, 0.2) is 5.13 Å². The second-order valence-corrected chi connectivity index (χ2v) is 7.14. The van der Waals surface area contributed by atoms with E-state index in [0.717, 1.165) is 11.4 Å². The summed E-state index contributed by atoms with van der Waals surface area (Å²) in [7, 11) is 0. The number of urea groups is 1. The van der Waals surface area contributed by atoms with Crippen LogP contribution in [0.2, 0.25) is 0 Å². The Balaban J connectivity index is 1.56. The smallest absolute Gasteiger partial charge is 0.308 e. The Morgan fingerprint density at radius 2 is 1.29 bits per heavy atom. The molecular formula is C23H19N3OS. The minimum Gasteiger partial charge on any atom is -0.308 e. The second-order valence-electron chi connectivity index (χ2n) is 6.28. The third-order valence-corrected chi connectivity index (χ3v) is 5.11. The molecule has 0 aliphatic heterocycles. The Morgan fingerprint density at radius 3 is 1.86 bits per heavy atom. The highest BCUT2D eigenvalue weighted by Gasteiger charge is 2.20. The van der Waals surface area contributed by atoms with Crippen molar-refractivity contribution in [2.45, 2.75) is 5.92 Å². The molecule has 0 fully saturated rings. The molecule has 4 rings (SSSR count). The summed E-state index contributed by atoms with van der Waals surface area (Å²) in [6.07, 6.45) is 0. The summed E-state index contributed by atoms with van der Waals surface area (Å²) < 4.78 is 0. The summed E-state index contributed by atoms with van der Waals surface area (Å²) in [6.45, 7) is 0. The summed E-state index contributed by atoms with van der Waals surface area (Å²) in [4.78, 5) is 16.9. The number of carbonyl (C=O) groups is 1. The number of rotatable bonds is 5. The van der Waals surface area contributed by atoms with Crippen LogP contribution in [0.5, 0.6) is 0 Å². The van der Waals surface area contributed by atoms with Gasteiger partial charge in [-0.1, -0.05) is 78.9 Å². The third-order valence-electron chi connectivity index (χ3n) is 4.34. The number of anilines is 2. The van der Waals surface area contributed by atoms with Gasteiger partial charge >= 0.3 is 6.03 Å². The van der Waals surface area contributed by atoms with Crippen molar-refractivity contribution < 1.29 is 4.79 Å². The number of nitrogens with zero attached hydrogens (tertiary/aromatic N) is 1. The molecule has 3 aromatic carbocycles. The number of hydrogen-bond donors (Lipinski definition) is 2. The maximum atomic E-state index is 12.2. The van der Waals surface area contributed by atoms with Gasteiger partial charge in [-0.05, 0) is 23.3 Å². The maximum absolute atomic E-state index is 12.2. The molecule has 4 aromatic rings. The van der Waals surface area contributed by atoms with E-state index in [1.807, 2.05) is 72.1 Å². The Labute approximate surface area is 167 Å². The van der Waals surface area contributed by atoms with Crippen LogP contribution in [0.4, 0.5) is 15.6 Å². The zero-order valence-corrected chi connectivity index (χ0v) is 15.9. The summed E-state index contributed by atoms with van der Waals surface area (Å²) in [5, 5.41) is 8.21. The lowest BCUT2D eigenvalue weighted by Gasteiger charge is -2.16. The molecule has 5 heteroatoms. The first-order valence-corrected chi connectivity index (χ1v) is 9.86. The van der Waals surface area contributed by atoms with Crippen LogP contribution in [0, 0.1) is 0 Å². The number of para-hydroxylation sites is 1. The number of carbonyl (C=O) groups excluding carboxylic acids is 1. The molecule has 4 nitrogen and oxygen atoms in total. The molecule has 2 N–H and O–H groups in total. The molecule has 0 atom stereocenters. The fourth-order valence-electron chi connectivity index (χ4n) is 3.08. The van der Waals surface area contributed by atoms with E-state index in [1.54, 1.807) is 0 Å². The van der Waals surface area contributed by atoms with Crippen LogP contribution in [0.25, 0.3) is 0 Å². The van der Waals surface area contributed by atoms with Crippen molar-refractivity contribution in [3.05, 3.63) is 113 Å². The van der Waals surface area contributed by atoms with Crippen molar-refractivity contribution in [3.8, 4) is 0 Å². The Morgan fingerprint density at radius 1 is 0.750 bits per heavy atom. The zero-order chi connectivity index (χ0) is 19.2. The van der Waals surface area contributed by atoms with E-state index >= 15 is 0 Å². The van der Waals surface area contributed by atoms with Gasteiger partial charge in [-0.15, -0.1) is 11.3 Å². The third kappa shape index (κ3) is 4.27. The predicted molar refractivity (Wildman–Crippen MR) is 115 cm³/mol. The van der Waals surface area contributed by atoms with Gasteiger partial charge in [-0.25, -0.2) is 9.78 Å². The minimum atomic E-state index is -0.303. The van der Waals surface area contributed by atoms with Gasteiger partial charge in [-0.3, -0.25) is 5.32 Å². The Hall–Kier alpha value is -3.44. The summed E-state index contributed by atoms with van der Waals surface area (Å²) in [5.74, 6) is 0.0198. The maximum Gasteiger partial charge on any atom is 0.325 e. The molecule has 28 heavy (non-hydrogen) atoms. The molecule has 0 saturated carbocycles. The van der Waals surface area contributed by atoms with Crippen molar-refractivity contribution in [2.24, 2.45) is 0 Å². The molecule has 0 radical (unpaired) electrons. The molecule has 0 saturated heterocycles. The molecule has 138 valence electrons. The molecule has 1 aromatic heterocycles. The SMILES string of the molecule is O=C(Nc1ccccc1)Nc1nc(C(c2ccccc2)c2ccccc2)cs1. The van der Waals surface area contributed by atoms with Crippen molar-refractivity contribution in [3.63, 3.8) is 0 Å². The van der Waals surface area contributed by atoms with Gasteiger partial charge in [-0.2, -0.15) is 0 Å². The molecule has 2 amide bonds. The van der Waals surface area contributed by atoms with Crippen molar-refractivity contribution >= 4 is 28.2 Å². The minimum absolute atomic E-state index is 0.0198. The van der Waals surface area contributed by atoms with E-state index in [0.29, 0.717) is 5.13 Å². The molecule has 0 aliphatic carbocycles. The summed E-state index contributed by atoms with van der Waals surface area (Å²) in [5.41, 5.74) is 3.99. The lowest BCUT2D eigenvalue weighted by Crippen LogP contribution is -2.19. The van der Waals surface area contributed by atoms with E-state index in [-0.39, 0.29) is 11.9 Å². The first kappa shape index (κ1) is 17.9. The van der Waals surface area contributed by atoms with Gasteiger partial charge in [0, 0.05) is 11.1 Å². The van der Waals surface area contributed by atoms with E-state index in [1.165, 1.54) is 22.5 Å². The number of benzene rings is 3. The predicted octanol–water partition coefficient (Wildman–Crippen LogP) is 5.97. The summed E-state index contributed by atoms with van der Waals surface area (Å²) >= 11 is 1.42. The molecule has 0 bridgehead atoms. The largest absolute Gasteiger partial charge is 0.325 e. The van der Waals surface area contributed by atoms with Crippen molar-refractivity contribution in [1.82, 2.24) is 4.98 Å². The molecular weight excluding hydrogens is 366 g/mol. The molecule has 0 spiro atoms. The molecule has 0 unspecified atom stereocenters. The number of hydrogen-bond acceptors (Lipinski definition) is 3. The van der Waals surface area contributed by atoms with Crippen LogP contribution in [0.1, 0.15) is 22.7 Å². The number of nitrogens with one attached hydrogen (secondary N) is 2. The number of thiazole rings is 1. The van der Waals surface area contributed by atoms with Crippen LogP contribution in [-0.2, 0) is 0 Å². The van der Waals surface area contributed by atoms with Crippen LogP contribution in [0.3, 0.4) is 0 Å². The van der Waals surface area contributed by atoms with Crippen molar-refractivity contribution in [1.29, 1.82) is 0 Å². The van der Waals surface area contributed by atoms with Crippen LogP contribution in [-0.4, -0.2) is 11.0 Å². The average molecular weight is 385 g/mol.